The molecule has 2 rings (SSSR count). The average Bonchev–Trinajstić information content (AvgIpc) is 3.16. The number of dihydropyridines is 1. The molecule has 2 amide bonds. The highest BCUT2D eigenvalue weighted by atomic mass is 16.2. The van der Waals surface area contributed by atoms with Crippen molar-refractivity contribution in [1.29, 1.82) is 0 Å². The quantitative estimate of drug-likeness (QED) is 0.542. The average molecular weight is 261 g/mol. The summed E-state index contributed by atoms with van der Waals surface area (Å²) in [5, 5.41) is 5.60. The van der Waals surface area contributed by atoms with Gasteiger partial charge in [0.05, 0.1) is 6.04 Å². The van der Waals surface area contributed by atoms with Crippen LogP contribution >= 0.6 is 0 Å². The van der Waals surface area contributed by atoms with E-state index >= 15 is 0 Å². The number of nitrogens with zero attached hydrogens (tertiary/aromatic N) is 1. The lowest BCUT2D eigenvalue weighted by Crippen LogP contribution is -2.31. The van der Waals surface area contributed by atoms with Crippen LogP contribution in [0.2, 0.25) is 0 Å². The Morgan fingerprint density at radius 3 is 2.89 bits per heavy atom. The number of rotatable bonds is 6. The van der Waals surface area contributed by atoms with E-state index in [1.165, 1.54) is 0 Å². The van der Waals surface area contributed by atoms with E-state index in [1.54, 1.807) is 19.2 Å². The number of amides is 2. The number of allylic oxidation sites excluding steroid dienone is 1. The summed E-state index contributed by atoms with van der Waals surface area (Å²) in [6, 6.07) is 0.334. The first-order chi connectivity index (χ1) is 9.09. The predicted octanol–water partition coefficient (Wildman–Crippen LogP) is 0.584. The summed E-state index contributed by atoms with van der Waals surface area (Å²) in [7, 11) is 0. The Bertz CT molecular complexity index is 465. The van der Waals surface area contributed by atoms with Crippen molar-refractivity contribution < 1.29 is 9.59 Å². The molecule has 1 aliphatic heterocycles. The second-order valence-corrected chi connectivity index (χ2v) is 4.98. The van der Waals surface area contributed by atoms with Gasteiger partial charge in [-0.1, -0.05) is 6.58 Å². The summed E-state index contributed by atoms with van der Waals surface area (Å²) in [4.78, 5) is 27.4. The molecule has 0 spiro atoms. The summed E-state index contributed by atoms with van der Waals surface area (Å²) >= 11 is 0. The zero-order chi connectivity index (χ0) is 13.8. The number of hydrogen-bond acceptors (Lipinski definition) is 3. The van der Waals surface area contributed by atoms with Crippen LogP contribution in [0.4, 0.5) is 0 Å². The van der Waals surface area contributed by atoms with E-state index in [0.29, 0.717) is 37.0 Å². The molecular weight excluding hydrogens is 242 g/mol. The Morgan fingerprint density at radius 1 is 1.42 bits per heavy atom. The maximum atomic E-state index is 11.9. The lowest BCUT2D eigenvalue weighted by atomic mass is 10.1. The fourth-order valence-electron chi connectivity index (χ4n) is 2.03. The highest BCUT2D eigenvalue weighted by molar-refractivity contribution is 5.99. The molecule has 1 saturated carbocycles. The molecule has 5 heteroatoms. The van der Waals surface area contributed by atoms with Crippen LogP contribution in [0.5, 0.6) is 0 Å². The number of aliphatic imine (C=N–C) groups is 1. The van der Waals surface area contributed by atoms with Gasteiger partial charge >= 0.3 is 0 Å². The maximum Gasteiger partial charge on any atom is 0.247 e. The lowest BCUT2D eigenvalue weighted by molar-refractivity contribution is -0.117. The van der Waals surface area contributed by atoms with Crippen molar-refractivity contribution in [2.45, 2.75) is 25.8 Å². The SMILES string of the molecule is C=C(C)C(=O)NCCCNC(=O)C1=CC=NC2CC12. The molecule has 2 N–H and O–H groups in total. The second-order valence-electron chi connectivity index (χ2n) is 4.98. The zero-order valence-corrected chi connectivity index (χ0v) is 11.1. The van der Waals surface area contributed by atoms with Crippen LogP contribution in [-0.2, 0) is 9.59 Å². The van der Waals surface area contributed by atoms with Gasteiger partial charge in [-0.15, -0.1) is 0 Å². The lowest BCUT2D eigenvalue weighted by Gasteiger charge is -2.10. The summed E-state index contributed by atoms with van der Waals surface area (Å²) in [5.74, 6) is 0.177. The summed E-state index contributed by atoms with van der Waals surface area (Å²) < 4.78 is 0. The molecule has 0 radical (unpaired) electrons. The molecule has 0 aromatic heterocycles. The van der Waals surface area contributed by atoms with Crippen LogP contribution in [0.25, 0.3) is 0 Å². The van der Waals surface area contributed by atoms with Crippen LogP contribution < -0.4 is 10.6 Å². The second kappa shape index (κ2) is 5.82. The van der Waals surface area contributed by atoms with Crippen molar-refractivity contribution in [3.05, 3.63) is 23.8 Å². The van der Waals surface area contributed by atoms with Gasteiger partial charge in [0.2, 0.25) is 11.8 Å². The third kappa shape index (κ3) is 3.53. The van der Waals surface area contributed by atoms with E-state index in [4.69, 9.17) is 0 Å². The molecule has 0 aromatic carbocycles. The van der Waals surface area contributed by atoms with Crippen LogP contribution in [0.1, 0.15) is 19.8 Å². The minimum atomic E-state index is -0.140. The molecule has 1 fully saturated rings. The third-order valence-corrected chi connectivity index (χ3v) is 3.26. The summed E-state index contributed by atoms with van der Waals surface area (Å²) in [5.41, 5.74) is 1.33. The van der Waals surface area contributed by atoms with Crippen LogP contribution in [-0.4, -0.2) is 37.2 Å². The van der Waals surface area contributed by atoms with Gasteiger partial charge in [-0.2, -0.15) is 0 Å². The van der Waals surface area contributed by atoms with Gasteiger partial charge in [-0.3, -0.25) is 14.6 Å². The molecule has 2 aliphatic rings. The first-order valence-corrected chi connectivity index (χ1v) is 6.55. The summed E-state index contributed by atoms with van der Waals surface area (Å²) in [6.45, 7) is 6.32. The number of carbonyl (C=O) groups excluding carboxylic acids is 2. The van der Waals surface area contributed by atoms with Crippen molar-refractivity contribution in [2.75, 3.05) is 13.1 Å². The molecule has 19 heavy (non-hydrogen) atoms. The van der Waals surface area contributed by atoms with Gasteiger partial charge in [0.15, 0.2) is 0 Å². The van der Waals surface area contributed by atoms with Gasteiger partial charge < -0.3 is 10.6 Å². The smallest absolute Gasteiger partial charge is 0.247 e. The Labute approximate surface area is 112 Å². The van der Waals surface area contributed by atoms with Crippen molar-refractivity contribution in [2.24, 2.45) is 10.9 Å². The molecular formula is C14H19N3O2. The Hall–Kier alpha value is -1.91. The molecule has 102 valence electrons. The fraction of sp³-hybridized carbons (Fsp3) is 0.500. The highest BCUT2D eigenvalue weighted by Crippen LogP contribution is 2.41. The number of hydrogen-bond donors (Lipinski definition) is 2. The van der Waals surface area contributed by atoms with E-state index in [-0.39, 0.29) is 11.8 Å². The Morgan fingerprint density at radius 2 is 2.16 bits per heavy atom. The van der Waals surface area contributed by atoms with Crippen molar-refractivity contribution >= 4 is 18.0 Å². The first-order valence-electron chi connectivity index (χ1n) is 6.55. The monoisotopic (exact) mass is 261 g/mol. The molecule has 1 aliphatic carbocycles. The maximum absolute atomic E-state index is 11.9. The van der Waals surface area contributed by atoms with E-state index in [9.17, 15) is 9.59 Å². The van der Waals surface area contributed by atoms with Gasteiger partial charge in [-0.05, 0) is 25.8 Å². The van der Waals surface area contributed by atoms with Gasteiger partial charge in [0.25, 0.3) is 0 Å². The molecule has 5 nitrogen and oxygen atoms in total. The molecule has 2 unspecified atom stereocenters. The van der Waals surface area contributed by atoms with E-state index < -0.39 is 0 Å². The highest BCUT2D eigenvalue weighted by Gasteiger charge is 2.43. The third-order valence-electron chi connectivity index (χ3n) is 3.26. The van der Waals surface area contributed by atoms with Crippen molar-refractivity contribution in [3.8, 4) is 0 Å². The van der Waals surface area contributed by atoms with Crippen molar-refractivity contribution in [3.63, 3.8) is 0 Å². The normalized spacial score (nSPS) is 23.1. The van der Waals surface area contributed by atoms with Gasteiger partial charge in [0.1, 0.15) is 0 Å². The summed E-state index contributed by atoms with van der Waals surface area (Å²) in [6.07, 6.45) is 5.22. The van der Waals surface area contributed by atoms with Gasteiger partial charge in [0, 0.05) is 36.4 Å². The number of carbonyl (C=O) groups is 2. The Kier molecular flexibility index (Phi) is 4.14. The van der Waals surface area contributed by atoms with E-state index in [2.05, 4.69) is 22.2 Å². The molecule has 1 heterocycles. The standard InChI is InChI=1S/C14H19N3O2/c1-9(2)13(18)16-5-3-6-17-14(19)10-4-7-15-12-8-11(10)12/h4,7,11-12H,1,3,5-6,8H2,2H3,(H,16,18)(H,17,19). The molecule has 0 aromatic rings. The van der Waals surface area contributed by atoms with Crippen molar-refractivity contribution in [1.82, 2.24) is 10.6 Å². The van der Waals surface area contributed by atoms with Crippen LogP contribution in [0.15, 0.2) is 28.8 Å². The zero-order valence-electron chi connectivity index (χ0n) is 11.1. The number of nitrogens with one attached hydrogen (secondary N) is 2. The topological polar surface area (TPSA) is 70.6 Å². The van der Waals surface area contributed by atoms with E-state index in [0.717, 1.165) is 12.0 Å². The molecule has 0 bridgehead atoms. The van der Waals surface area contributed by atoms with Crippen LogP contribution in [0.3, 0.4) is 0 Å². The molecule has 2 atom stereocenters. The van der Waals surface area contributed by atoms with Gasteiger partial charge in [-0.25, -0.2) is 0 Å². The largest absolute Gasteiger partial charge is 0.352 e. The fourth-order valence-corrected chi connectivity index (χ4v) is 2.03. The Balaban J connectivity index is 1.62. The van der Waals surface area contributed by atoms with E-state index in [1.807, 2.05) is 0 Å². The number of fused-ring (bicyclic) bond motifs is 1. The first kappa shape index (κ1) is 13.5. The molecule has 0 saturated heterocycles. The minimum absolute atomic E-state index is 0.00937. The predicted molar refractivity (Wildman–Crippen MR) is 73.9 cm³/mol. The minimum Gasteiger partial charge on any atom is -0.352 e. The van der Waals surface area contributed by atoms with Crippen LogP contribution in [0, 0.1) is 5.92 Å².